The zero-order valence-corrected chi connectivity index (χ0v) is 21.8. The van der Waals surface area contributed by atoms with Gasteiger partial charge >= 0.3 is 0 Å². The molecule has 0 aromatic heterocycles. The normalized spacial score (nSPS) is 11.0. The molecule has 0 bridgehead atoms. The van der Waals surface area contributed by atoms with E-state index in [0.717, 1.165) is 29.9 Å². The molecule has 0 aliphatic heterocycles. The first kappa shape index (κ1) is 27.7. The van der Waals surface area contributed by atoms with Crippen molar-refractivity contribution in [3.8, 4) is 33.8 Å². The lowest BCUT2D eigenvalue weighted by Crippen LogP contribution is -1.98. The average Bonchev–Trinajstić information content (AvgIpc) is 2.91. The molecular formula is C32H40F2O2. The molecule has 3 rings (SSSR count). The molecule has 2 nitrogen and oxygen atoms in total. The number of hydrogen-bond donors (Lipinski definition) is 0. The summed E-state index contributed by atoms with van der Waals surface area (Å²) in [6.07, 6.45) is 13.1. The van der Waals surface area contributed by atoms with Gasteiger partial charge in [0, 0.05) is 5.56 Å². The van der Waals surface area contributed by atoms with E-state index < -0.39 is 11.6 Å². The summed E-state index contributed by atoms with van der Waals surface area (Å²) in [4.78, 5) is 0. The van der Waals surface area contributed by atoms with Crippen LogP contribution in [0.25, 0.3) is 22.3 Å². The minimum atomic E-state index is -0.952. The molecule has 194 valence electrons. The van der Waals surface area contributed by atoms with Crippen molar-refractivity contribution >= 4 is 0 Å². The molecular weight excluding hydrogens is 454 g/mol. The van der Waals surface area contributed by atoms with Gasteiger partial charge in [0.15, 0.2) is 11.6 Å². The Morgan fingerprint density at radius 1 is 0.528 bits per heavy atom. The Balaban J connectivity index is 1.43. The maximum absolute atomic E-state index is 14.5. The molecule has 0 saturated heterocycles. The van der Waals surface area contributed by atoms with Gasteiger partial charge in [-0.3, -0.25) is 0 Å². The quantitative estimate of drug-likeness (QED) is 0.184. The predicted octanol–water partition coefficient (Wildman–Crippen LogP) is 10.00. The van der Waals surface area contributed by atoms with Crippen LogP contribution < -0.4 is 9.47 Å². The average molecular weight is 495 g/mol. The van der Waals surface area contributed by atoms with Crippen molar-refractivity contribution in [2.24, 2.45) is 0 Å². The van der Waals surface area contributed by atoms with Crippen LogP contribution in [-0.4, -0.2) is 13.2 Å². The second kappa shape index (κ2) is 15.3. The Bertz CT molecular complexity index is 1030. The molecule has 0 saturated carbocycles. The van der Waals surface area contributed by atoms with E-state index in [-0.39, 0.29) is 17.9 Å². The lowest BCUT2D eigenvalue weighted by Gasteiger charge is -2.10. The number of ether oxygens (including phenoxy) is 2. The predicted molar refractivity (Wildman–Crippen MR) is 146 cm³/mol. The summed E-state index contributed by atoms with van der Waals surface area (Å²) in [7, 11) is 0. The smallest absolute Gasteiger partial charge is 0.201 e. The van der Waals surface area contributed by atoms with Crippen molar-refractivity contribution in [3.63, 3.8) is 0 Å². The minimum absolute atomic E-state index is 0.0640. The topological polar surface area (TPSA) is 18.5 Å². The summed E-state index contributed by atoms with van der Waals surface area (Å²) in [6.45, 7) is 5.03. The SMILES string of the molecule is CCCCCCCCCCCCOc1ccc(-c2ccc(-c3ccc(OCC)c(F)c3F)cc2)cc1. The van der Waals surface area contributed by atoms with Gasteiger partial charge in [-0.1, -0.05) is 101 Å². The van der Waals surface area contributed by atoms with Crippen molar-refractivity contribution in [2.45, 2.75) is 78.1 Å². The molecule has 4 heteroatoms. The highest BCUT2D eigenvalue weighted by molar-refractivity contribution is 5.71. The fourth-order valence-electron chi connectivity index (χ4n) is 4.39. The summed E-state index contributed by atoms with van der Waals surface area (Å²) < 4.78 is 39.8. The number of benzene rings is 3. The lowest BCUT2D eigenvalue weighted by atomic mass is 9.99. The van der Waals surface area contributed by atoms with Crippen LogP contribution >= 0.6 is 0 Å². The summed E-state index contributed by atoms with van der Waals surface area (Å²) in [5.74, 6) is -1.03. The summed E-state index contributed by atoms with van der Waals surface area (Å²) >= 11 is 0. The van der Waals surface area contributed by atoms with Crippen molar-refractivity contribution in [3.05, 3.63) is 72.3 Å². The number of halogens is 2. The number of rotatable bonds is 16. The Labute approximate surface area is 215 Å². The van der Waals surface area contributed by atoms with E-state index in [1.165, 1.54) is 63.9 Å². The van der Waals surface area contributed by atoms with E-state index in [9.17, 15) is 8.78 Å². The van der Waals surface area contributed by atoms with E-state index in [0.29, 0.717) is 5.56 Å². The maximum Gasteiger partial charge on any atom is 0.201 e. The fourth-order valence-corrected chi connectivity index (χ4v) is 4.39. The van der Waals surface area contributed by atoms with E-state index in [1.807, 2.05) is 48.5 Å². The van der Waals surface area contributed by atoms with E-state index in [2.05, 4.69) is 6.92 Å². The van der Waals surface area contributed by atoms with Gasteiger partial charge in [0.2, 0.25) is 5.82 Å². The van der Waals surface area contributed by atoms with Crippen molar-refractivity contribution in [1.82, 2.24) is 0 Å². The molecule has 0 fully saturated rings. The molecule has 0 unspecified atom stereocenters. The Hall–Kier alpha value is -2.88. The van der Waals surface area contributed by atoms with Gasteiger partial charge in [0.1, 0.15) is 5.75 Å². The summed E-state index contributed by atoms with van der Waals surface area (Å²) in [5, 5.41) is 0. The zero-order chi connectivity index (χ0) is 25.6. The molecule has 0 atom stereocenters. The van der Waals surface area contributed by atoms with E-state index >= 15 is 0 Å². The van der Waals surface area contributed by atoms with Gasteiger partial charge in [0.25, 0.3) is 0 Å². The van der Waals surface area contributed by atoms with Gasteiger partial charge in [-0.05, 0) is 54.3 Å². The van der Waals surface area contributed by atoms with Crippen LogP contribution in [0.2, 0.25) is 0 Å². The summed E-state index contributed by atoms with van der Waals surface area (Å²) in [5.41, 5.74) is 2.89. The van der Waals surface area contributed by atoms with Gasteiger partial charge in [-0.15, -0.1) is 0 Å². The van der Waals surface area contributed by atoms with Gasteiger partial charge in [0.05, 0.1) is 13.2 Å². The molecule has 3 aromatic carbocycles. The van der Waals surface area contributed by atoms with Crippen LogP contribution in [0.15, 0.2) is 60.7 Å². The highest BCUT2D eigenvalue weighted by atomic mass is 19.2. The van der Waals surface area contributed by atoms with Gasteiger partial charge < -0.3 is 9.47 Å². The zero-order valence-electron chi connectivity index (χ0n) is 21.8. The first-order chi connectivity index (χ1) is 17.6. The molecule has 0 aliphatic carbocycles. The first-order valence-corrected chi connectivity index (χ1v) is 13.6. The van der Waals surface area contributed by atoms with Gasteiger partial charge in [-0.25, -0.2) is 4.39 Å². The second-order valence-electron chi connectivity index (χ2n) is 9.30. The van der Waals surface area contributed by atoms with Crippen LogP contribution in [0, 0.1) is 11.6 Å². The maximum atomic E-state index is 14.5. The largest absolute Gasteiger partial charge is 0.494 e. The van der Waals surface area contributed by atoms with E-state index in [1.54, 1.807) is 13.0 Å². The van der Waals surface area contributed by atoms with Gasteiger partial charge in [-0.2, -0.15) is 4.39 Å². The molecule has 0 amide bonds. The van der Waals surface area contributed by atoms with Crippen LogP contribution in [0.4, 0.5) is 8.78 Å². The Morgan fingerprint density at radius 3 is 1.64 bits per heavy atom. The third-order valence-corrected chi connectivity index (χ3v) is 6.50. The highest BCUT2D eigenvalue weighted by Gasteiger charge is 2.15. The van der Waals surface area contributed by atoms with Crippen molar-refractivity contribution in [2.75, 3.05) is 13.2 Å². The third kappa shape index (κ3) is 8.36. The van der Waals surface area contributed by atoms with Crippen LogP contribution in [0.3, 0.4) is 0 Å². The number of unbranched alkanes of at least 4 members (excludes halogenated alkanes) is 9. The lowest BCUT2D eigenvalue weighted by molar-refractivity contribution is 0.304. The molecule has 0 heterocycles. The Kier molecular flexibility index (Phi) is 11.8. The molecule has 0 spiro atoms. The van der Waals surface area contributed by atoms with E-state index in [4.69, 9.17) is 9.47 Å². The highest BCUT2D eigenvalue weighted by Crippen LogP contribution is 2.31. The number of hydrogen-bond acceptors (Lipinski definition) is 2. The van der Waals surface area contributed by atoms with Crippen molar-refractivity contribution < 1.29 is 18.3 Å². The van der Waals surface area contributed by atoms with Crippen LogP contribution in [0.1, 0.15) is 78.1 Å². The summed E-state index contributed by atoms with van der Waals surface area (Å²) in [6, 6.07) is 18.5. The molecule has 3 aromatic rings. The third-order valence-electron chi connectivity index (χ3n) is 6.50. The Morgan fingerprint density at radius 2 is 1.06 bits per heavy atom. The monoisotopic (exact) mass is 494 g/mol. The van der Waals surface area contributed by atoms with Crippen LogP contribution in [0.5, 0.6) is 11.5 Å². The standard InChI is InChI=1S/C32H40F2O2/c1-3-5-6-7-8-9-10-11-12-13-24-36-28-20-18-26(19-21-28)25-14-16-27(17-15-25)29-22-23-30(35-4-2)32(34)31(29)33/h14-23H,3-13,24H2,1-2H3. The second-order valence-corrected chi connectivity index (χ2v) is 9.30. The molecule has 0 radical (unpaired) electrons. The minimum Gasteiger partial charge on any atom is -0.494 e. The molecule has 36 heavy (non-hydrogen) atoms. The van der Waals surface area contributed by atoms with Crippen LogP contribution in [-0.2, 0) is 0 Å². The molecule has 0 aliphatic rings. The van der Waals surface area contributed by atoms with Crippen molar-refractivity contribution in [1.29, 1.82) is 0 Å². The first-order valence-electron chi connectivity index (χ1n) is 13.6. The molecule has 0 N–H and O–H groups in total. The fraction of sp³-hybridized carbons (Fsp3) is 0.438.